The van der Waals surface area contributed by atoms with Gasteiger partial charge in [0.25, 0.3) is 0 Å². The van der Waals surface area contributed by atoms with E-state index in [0.29, 0.717) is 17.0 Å². The number of nitrogens with zero attached hydrogens (tertiary/aromatic N) is 2. The van der Waals surface area contributed by atoms with E-state index >= 15 is 0 Å². The van der Waals surface area contributed by atoms with Gasteiger partial charge in [0.1, 0.15) is 23.3 Å². The largest absolute Gasteiger partial charge is 0.465 e. The molecule has 10 heteroatoms. The molecule has 2 saturated heterocycles. The van der Waals surface area contributed by atoms with Gasteiger partial charge in [0.05, 0.1) is 29.2 Å². The molecule has 2 bridgehead atoms. The number of esters is 2. The number of epoxide rings is 1. The molecule has 0 spiro atoms. The average Bonchev–Trinajstić information content (AvgIpc) is 3.17. The number of ether oxygens (including phenoxy) is 3. The number of carbonyl (C=O) groups is 3. The Hall–Kier alpha value is -3.21. The SMILES string of the molecule is CC1C(=O)OC2CC3(C)OC3C(N(C(=O)O)c3ccc(-c4ccccc4)s3)C(N(C)C)C3=CC(OC3=O)C21. The molecule has 3 aliphatic heterocycles. The highest BCUT2D eigenvalue weighted by molar-refractivity contribution is 7.19. The minimum absolute atomic E-state index is 0.321. The third-order valence-corrected chi connectivity index (χ3v) is 9.43. The monoisotopic (exact) mass is 538 g/mol. The molecular weight excluding hydrogens is 508 g/mol. The summed E-state index contributed by atoms with van der Waals surface area (Å²) >= 11 is 1.37. The van der Waals surface area contributed by atoms with Crippen molar-refractivity contribution in [3.63, 3.8) is 0 Å². The molecule has 1 amide bonds. The highest BCUT2D eigenvalue weighted by atomic mass is 32.1. The molecule has 4 heterocycles. The summed E-state index contributed by atoms with van der Waals surface area (Å²) in [6.07, 6.45) is -0.641. The van der Waals surface area contributed by atoms with Crippen molar-refractivity contribution in [2.75, 3.05) is 19.0 Å². The molecule has 2 aromatic rings. The molecule has 6 rings (SSSR count). The van der Waals surface area contributed by atoms with E-state index < -0.39 is 54.0 Å². The van der Waals surface area contributed by atoms with Crippen LogP contribution in [0.5, 0.6) is 0 Å². The summed E-state index contributed by atoms with van der Waals surface area (Å²) in [4.78, 5) is 42.9. The van der Waals surface area contributed by atoms with Crippen LogP contribution in [0.3, 0.4) is 0 Å². The Morgan fingerprint density at radius 2 is 1.84 bits per heavy atom. The number of amides is 1. The number of hydrogen-bond donors (Lipinski definition) is 1. The molecular formula is C28H30N2O7S. The van der Waals surface area contributed by atoms with Crippen LogP contribution in [0.4, 0.5) is 9.80 Å². The van der Waals surface area contributed by atoms with Gasteiger partial charge in [-0.3, -0.25) is 9.69 Å². The fraction of sp³-hybridized carbons (Fsp3) is 0.464. The van der Waals surface area contributed by atoms with Gasteiger partial charge in [-0.25, -0.2) is 9.59 Å². The van der Waals surface area contributed by atoms with Crippen LogP contribution in [0.25, 0.3) is 10.4 Å². The summed E-state index contributed by atoms with van der Waals surface area (Å²) in [5.41, 5.74) is 0.630. The van der Waals surface area contributed by atoms with Crippen molar-refractivity contribution in [2.45, 2.75) is 56.3 Å². The van der Waals surface area contributed by atoms with Crippen LogP contribution in [0.2, 0.25) is 0 Å². The van der Waals surface area contributed by atoms with Gasteiger partial charge in [-0.2, -0.15) is 0 Å². The Kier molecular flexibility index (Phi) is 5.89. The number of rotatable bonds is 4. The van der Waals surface area contributed by atoms with Gasteiger partial charge in [0.15, 0.2) is 0 Å². The quantitative estimate of drug-likeness (QED) is 0.463. The number of hydrogen-bond acceptors (Lipinski definition) is 8. The first-order chi connectivity index (χ1) is 18.1. The van der Waals surface area contributed by atoms with E-state index in [1.54, 1.807) is 19.1 Å². The number of thiophene rings is 1. The van der Waals surface area contributed by atoms with Crippen molar-refractivity contribution >= 4 is 34.4 Å². The van der Waals surface area contributed by atoms with Crippen LogP contribution in [-0.2, 0) is 23.8 Å². The first-order valence-electron chi connectivity index (χ1n) is 12.7. The lowest BCUT2D eigenvalue weighted by Gasteiger charge is -2.38. The molecule has 2 fully saturated rings. The van der Waals surface area contributed by atoms with Gasteiger partial charge < -0.3 is 24.2 Å². The average molecular weight is 539 g/mol. The third-order valence-electron chi connectivity index (χ3n) is 8.30. The Balaban J connectivity index is 1.46. The second-order valence-corrected chi connectivity index (χ2v) is 12.0. The Labute approximate surface area is 224 Å². The van der Waals surface area contributed by atoms with Crippen LogP contribution < -0.4 is 4.90 Å². The van der Waals surface area contributed by atoms with Gasteiger partial charge in [-0.15, -0.1) is 11.3 Å². The molecule has 0 saturated carbocycles. The number of carboxylic acid groups (broad SMARTS) is 1. The van der Waals surface area contributed by atoms with Gasteiger partial charge in [-0.05, 0) is 44.8 Å². The van der Waals surface area contributed by atoms with E-state index in [-0.39, 0.29) is 11.9 Å². The second-order valence-electron chi connectivity index (χ2n) is 10.9. The number of anilines is 1. The van der Waals surface area contributed by atoms with Crippen molar-refractivity contribution in [2.24, 2.45) is 11.8 Å². The van der Waals surface area contributed by atoms with Crippen molar-refractivity contribution in [1.82, 2.24) is 4.90 Å². The van der Waals surface area contributed by atoms with Crippen molar-refractivity contribution in [3.05, 3.63) is 54.1 Å². The van der Waals surface area contributed by atoms with Crippen molar-refractivity contribution in [1.29, 1.82) is 0 Å². The summed E-state index contributed by atoms with van der Waals surface area (Å²) in [7, 11) is 3.64. The standard InChI is InChI=1S/C28H30N2O7S/c1-14-21-17-12-16(26(32)35-17)22(29(3)4)23(24-28(2,37-24)13-18(21)36-25(14)31)30(27(33)34)20-11-10-19(38-20)15-8-6-5-7-9-15/h5-12,14,17-18,21-24H,13H2,1-4H3,(H,33,34). The first kappa shape index (κ1) is 25.1. The zero-order valence-corrected chi connectivity index (χ0v) is 22.4. The minimum atomic E-state index is -1.14. The highest BCUT2D eigenvalue weighted by Gasteiger charge is 2.65. The predicted molar refractivity (Wildman–Crippen MR) is 140 cm³/mol. The molecule has 1 aromatic heterocycles. The maximum Gasteiger partial charge on any atom is 0.412 e. The number of benzene rings is 1. The first-order valence-corrected chi connectivity index (χ1v) is 13.6. The van der Waals surface area contributed by atoms with E-state index in [2.05, 4.69) is 0 Å². The minimum Gasteiger partial charge on any atom is -0.465 e. The van der Waals surface area contributed by atoms with Crippen LogP contribution >= 0.6 is 11.3 Å². The number of carbonyl (C=O) groups excluding carboxylic acids is 2. The summed E-state index contributed by atoms with van der Waals surface area (Å²) in [5.74, 6) is -1.58. The molecule has 8 unspecified atom stereocenters. The molecule has 200 valence electrons. The van der Waals surface area contributed by atoms with Crippen molar-refractivity contribution in [3.8, 4) is 10.4 Å². The van der Waals surface area contributed by atoms with E-state index in [4.69, 9.17) is 14.2 Å². The van der Waals surface area contributed by atoms with Gasteiger partial charge in [-0.1, -0.05) is 37.3 Å². The van der Waals surface area contributed by atoms with Gasteiger partial charge in [0, 0.05) is 17.2 Å². The maximum absolute atomic E-state index is 13.3. The van der Waals surface area contributed by atoms with E-state index in [1.165, 1.54) is 16.2 Å². The highest BCUT2D eigenvalue weighted by Crippen LogP contribution is 2.52. The maximum atomic E-state index is 13.3. The molecule has 38 heavy (non-hydrogen) atoms. The van der Waals surface area contributed by atoms with Crippen LogP contribution in [0.15, 0.2) is 54.1 Å². The molecule has 8 atom stereocenters. The fourth-order valence-corrected chi connectivity index (χ4v) is 7.46. The third kappa shape index (κ3) is 3.93. The van der Waals surface area contributed by atoms with E-state index in [0.717, 1.165) is 10.4 Å². The lowest BCUT2D eigenvalue weighted by atomic mass is 9.79. The Morgan fingerprint density at radius 1 is 1.11 bits per heavy atom. The molecule has 4 aliphatic rings. The summed E-state index contributed by atoms with van der Waals surface area (Å²) in [5, 5.41) is 11.1. The lowest BCUT2D eigenvalue weighted by molar-refractivity contribution is -0.144. The van der Waals surface area contributed by atoms with Crippen LogP contribution in [-0.4, -0.2) is 78.1 Å². The predicted octanol–water partition coefficient (Wildman–Crippen LogP) is 3.79. The topological polar surface area (TPSA) is 109 Å². The zero-order chi connectivity index (χ0) is 26.9. The number of likely N-dealkylation sites (N-methyl/N-ethyl adjacent to an activating group) is 1. The van der Waals surface area contributed by atoms with E-state index in [9.17, 15) is 19.5 Å². The zero-order valence-electron chi connectivity index (χ0n) is 21.6. The van der Waals surface area contributed by atoms with E-state index in [1.807, 2.05) is 62.3 Å². The van der Waals surface area contributed by atoms with Gasteiger partial charge in [0.2, 0.25) is 0 Å². The normalized spacial score (nSPS) is 35.6. The molecule has 1 aromatic carbocycles. The smallest absolute Gasteiger partial charge is 0.412 e. The molecule has 9 nitrogen and oxygen atoms in total. The van der Waals surface area contributed by atoms with Crippen LogP contribution in [0, 0.1) is 11.8 Å². The second kappa shape index (κ2) is 8.93. The molecule has 1 N–H and O–H groups in total. The number of fused-ring (bicyclic) bond motifs is 4. The lowest BCUT2D eigenvalue weighted by Crippen LogP contribution is -2.57. The molecule has 0 radical (unpaired) electrons. The van der Waals surface area contributed by atoms with Gasteiger partial charge >= 0.3 is 18.0 Å². The molecule has 1 aliphatic carbocycles. The summed E-state index contributed by atoms with van der Waals surface area (Å²) in [6, 6.07) is 12.1. The van der Waals surface area contributed by atoms with Crippen molar-refractivity contribution < 1.29 is 33.7 Å². The summed E-state index contributed by atoms with van der Waals surface area (Å²) < 4.78 is 17.8. The Bertz CT molecular complexity index is 1320. The van der Waals surface area contributed by atoms with Crippen LogP contribution in [0.1, 0.15) is 20.3 Å². The fourth-order valence-electron chi connectivity index (χ4n) is 6.41. The summed E-state index contributed by atoms with van der Waals surface area (Å²) in [6.45, 7) is 3.72. The Morgan fingerprint density at radius 3 is 2.53 bits per heavy atom.